The second-order valence-corrected chi connectivity index (χ2v) is 4.04. The number of hydrogen-bond donors (Lipinski definition) is 1. The average molecular weight is 147 g/mol. The van der Waals surface area contributed by atoms with E-state index in [-0.39, 0.29) is 0 Å². The van der Waals surface area contributed by atoms with Gasteiger partial charge in [0.15, 0.2) is 0 Å². The van der Waals surface area contributed by atoms with Gasteiger partial charge in [-0.3, -0.25) is 0 Å². The van der Waals surface area contributed by atoms with E-state index < -0.39 is 0 Å². The van der Waals surface area contributed by atoms with Crippen molar-refractivity contribution in [3.8, 4) is 0 Å². The first-order chi connectivity index (χ1) is 4.31. The van der Waals surface area contributed by atoms with Gasteiger partial charge in [0.25, 0.3) is 0 Å². The second-order valence-electron chi connectivity index (χ2n) is 2.33. The molecule has 0 heterocycles. The lowest BCUT2D eigenvalue weighted by molar-refractivity contribution is 0.597. The number of rotatable bonds is 5. The summed E-state index contributed by atoms with van der Waals surface area (Å²) in [6.07, 6.45) is 4.09. The van der Waals surface area contributed by atoms with Crippen LogP contribution in [0.15, 0.2) is 0 Å². The Kier molecular flexibility index (Phi) is 6.79. The van der Waals surface area contributed by atoms with Gasteiger partial charge in [0.2, 0.25) is 0 Å². The maximum Gasteiger partial charge on any atom is 0.00389 e. The van der Waals surface area contributed by atoms with Gasteiger partial charge >= 0.3 is 0 Å². The zero-order valence-electron chi connectivity index (χ0n) is 6.70. The van der Waals surface area contributed by atoms with Crippen molar-refractivity contribution >= 4 is 8.58 Å². The summed E-state index contributed by atoms with van der Waals surface area (Å²) < 4.78 is 0. The molecule has 0 rings (SSSR count). The van der Waals surface area contributed by atoms with Crippen LogP contribution in [-0.2, 0) is 0 Å². The van der Waals surface area contributed by atoms with E-state index in [9.17, 15) is 0 Å². The van der Waals surface area contributed by atoms with Gasteiger partial charge in [-0.1, -0.05) is 6.92 Å². The first-order valence-electron chi connectivity index (χ1n) is 3.69. The number of hydrogen-bond acceptors (Lipinski definition) is 1. The van der Waals surface area contributed by atoms with Crippen molar-refractivity contribution in [1.29, 1.82) is 0 Å². The van der Waals surface area contributed by atoms with E-state index in [4.69, 9.17) is 0 Å². The molecule has 1 N–H and O–H groups in total. The van der Waals surface area contributed by atoms with Crippen LogP contribution in [0.1, 0.15) is 20.3 Å². The van der Waals surface area contributed by atoms with Gasteiger partial charge in [-0.15, -0.1) is 8.58 Å². The zero-order chi connectivity index (χ0) is 7.11. The molecule has 2 heteroatoms. The van der Waals surface area contributed by atoms with Gasteiger partial charge in [0.05, 0.1) is 0 Å². The zero-order valence-corrected chi connectivity index (χ0v) is 7.70. The van der Waals surface area contributed by atoms with Crippen molar-refractivity contribution in [2.45, 2.75) is 26.3 Å². The fraction of sp³-hybridized carbons (Fsp3) is 1.00. The summed E-state index contributed by atoms with van der Waals surface area (Å²) in [4.78, 5) is 0. The third-order valence-electron chi connectivity index (χ3n) is 1.50. The summed E-state index contributed by atoms with van der Waals surface area (Å²) in [5, 5.41) is 3.23. The SMILES string of the molecule is CCPCCC(C)NC. The predicted octanol–water partition coefficient (Wildman–Crippen LogP) is 1.68. The van der Waals surface area contributed by atoms with Crippen molar-refractivity contribution in [2.24, 2.45) is 0 Å². The summed E-state index contributed by atoms with van der Waals surface area (Å²) in [6.45, 7) is 4.49. The average Bonchev–Trinajstić information content (AvgIpc) is 1.89. The molecule has 0 aliphatic carbocycles. The lowest BCUT2D eigenvalue weighted by Gasteiger charge is -2.07. The van der Waals surface area contributed by atoms with E-state index in [1.807, 2.05) is 7.05 Å². The maximum absolute atomic E-state index is 3.23. The van der Waals surface area contributed by atoms with Gasteiger partial charge in [0.1, 0.15) is 0 Å². The van der Waals surface area contributed by atoms with E-state index in [0.29, 0.717) is 6.04 Å². The quantitative estimate of drug-likeness (QED) is 0.461. The Morgan fingerprint density at radius 3 is 2.67 bits per heavy atom. The lowest BCUT2D eigenvalue weighted by Crippen LogP contribution is -2.21. The smallest absolute Gasteiger partial charge is 0.00389 e. The largest absolute Gasteiger partial charge is 0.317 e. The van der Waals surface area contributed by atoms with Crippen LogP contribution >= 0.6 is 8.58 Å². The van der Waals surface area contributed by atoms with E-state index in [2.05, 4.69) is 19.2 Å². The summed E-state index contributed by atoms with van der Waals surface area (Å²) >= 11 is 0. The van der Waals surface area contributed by atoms with E-state index in [1.54, 1.807) is 0 Å². The minimum absolute atomic E-state index is 0.712. The molecule has 0 bridgehead atoms. The summed E-state index contributed by atoms with van der Waals surface area (Å²) in [5.74, 6) is 0. The second kappa shape index (κ2) is 6.51. The molecule has 0 saturated carbocycles. The van der Waals surface area contributed by atoms with E-state index >= 15 is 0 Å². The minimum Gasteiger partial charge on any atom is -0.317 e. The first-order valence-corrected chi connectivity index (χ1v) is 5.10. The Morgan fingerprint density at radius 2 is 2.22 bits per heavy atom. The van der Waals surface area contributed by atoms with Gasteiger partial charge in [-0.05, 0) is 32.7 Å². The standard InChI is InChI=1S/C7H18NP/c1-4-9-6-5-7(2)8-3/h7-9H,4-6H2,1-3H3. The summed E-state index contributed by atoms with van der Waals surface area (Å²) in [7, 11) is 3.20. The van der Waals surface area contributed by atoms with Crippen molar-refractivity contribution < 1.29 is 0 Å². The molecule has 2 unspecified atom stereocenters. The van der Waals surface area contributed by atoms with Gasteiger partial charge < -0.3 is 5.32 Å². The Bertz CT molecular complexity index is 56.9. The highest BCUT2D eigenvalue weighted by Gasteiger charge is 1.94. The molecule has 0 aromatic rings. The molecule has 0 amide bonds. The van der Waals surface area contributed by atoms with Gasteiger partial charge in [0, 0.05) is 6.04 Å². The van der Waals surface area contributed by atoms with Crippen LogP contribution in [-0.4, -0.2) is 25.4 Å². The van der Waals surface area contributed by atoms with Crippen molar-refractivity contribution in [1.82, 2.24) is 5.32 Å². The first kappa shape index (κ1) is 9.39. The highest BCUT2D eigenvalue weighted by Crippen LogP contribution is 2.10. The molecule has 9 heavy (non-hydrogen) atoms. The van der Waals surface area contributed by atoms with E-state index in [0.717, 1.165) is 0 Å². The van der Waals surface area contributed by atoms with E-state index in [1.165, 1.54) is 27.3 Å². The Morgan fingerprint density at radius 1 is 1.56 bits per heavy atom. The fourth-order valence-electron chi connectivity index (χ4n) is 0.640. The predicted molar refractivity (Wildman–Crippen MR) is 46.9 cm³/mol. The van der Waals surface area contributed by atoms with Crippen LogP contribution in [0.25, 0.3) is 0 Å². The molecule has 56 valence electrons. The molecule has 2 atom stereocenters. The molecule has 0 aliphatic rings. The molecule has 0 aromatic carbocycles. The maximum atomic E-state index is 3.23. The normalized spacial score (nSPS) is 15.0. The van der Waals surface area contributed by atoms with Gasteiger partial charge in [-0.25, -0.2) is 0 Å². The summed E-state index contributed by atoms with van der Waals surface area (Å²) in [5.41, 5.74) is 0. The Labute approximate surface area is 60.4 Å². The van der Waals surface area contributed by atoms with Crippen molar-refractivity contribution in [2.75, 3.05) is 19.4 Å². The van der Waals surface area contributed by atoms with Gasteiger partial charge in [-0.2, -0.15) is 0 Å². The number of nitrogens with one attached hydrogen (secondary N) is 1. The topological polar surface area (TPSA) is 12.0 Å². The molecule has 0 radical (unpaired) electrons. The summed E-state index contributed by atoms with van der Waals surface area (Å²) in [6, 6.07) is 0.712. The van der Waals surface area contributed by atoms with Crippen LogP contribution < -0.4 is 5.32 Å². The van der Waals surface area contributed by atoms with Crippen LogP contribution in [0.5, 0.6) is 0 Å². The van der Waals surface area contributed by atoms with Crippen molar-refractivity contribution in [3.63, 3.8) is 0 Å². The Hall–Kier alpha value is 0.390. The molecule has 1 nitrogen and oxygen atoms in total. The fourth-order valence-corrected chi connectivity index (χ4v) is 1.63. The molecule has 0 saturated heterocycles. The highest BCUT2D eigenvalue weighted by molar-refractivity contribution is 7.37. The molecule has 0 fully saturated rings. The third-order valence-corrected chi connectivity index (χ3v) is 2.64. The highest BCUT2D eigenvalue weighted by atomic mass is 31.1. The van der Waals surface area contributed by atoms with Crippen LogP contribution in [0, 0.1) is 0 Å². The molecular formula is C7H18NP. The van der Waals surface area contributed by atoms with Crippen molar-refractivity contribution in [3.05, 3.63) is 0 Å². The Balaban J connectivity index is 2.88. The molecule has 0 aromatic heterocycles. The lowest BCUT2D eigenvalue weighted by atomic mass is 10.3. The minimum atomic E-state index is 0.712. The van der Waals surface area contributed by atoms with Crippen LogP contribution in [0.4, 0.5) is 0 Å². The monoisotopic (exact) mass is 147 g/mol. The van der Waals surface area contributed by atoms with Crippen LogP contribution in [0.2, 0.25) is 0 Å². The third kappa shape index (κ3) is 6.27. The molecule has 0 aliphatic heterocycles. The molecule has 0 spiro atoms. The molecular weight excluding hydrogens is 129 g/mol. The van der Waals surface area contributed by atoms with Crippen LogP contribution in [0.3, 0.4) is 0 Å².